The maximum Gasteiger partial charge on any atom is 0.265 e. The number of methoxy groups -OCH3 is 4. The largest absolute Gasteiger partial charge is 0.497 e. The highest BCUT2D eigenvalue weighted by molar-refractivity contribution is 8.14. The summed E-state index contributed by atoms with van der Waals surface area (Å²) in [5.41, 5.74) is 0. The van der Waals surface area contributed by atoms with E-state index in [2.05, 4.69) is 0 Å². The summed E-state index contributed by atoms with van der Waals surface area (Å²) < 4.78 is 107. The molecule has 0 bridgehead atoms. The topological polar surface area (TPSA) is 173 Å². The Hall–Kier alpha value is -1.32. The molecule has 1 aromatic heterocycles. The molecule has 25 heteroatoms. The SMILES string of the molecule is COc1ccc(OC)c(S(=O)(=O)Cl)c1.COc1ccc(S(=O)(=O)Cl)cc1OC.O=S(=O)(Cl)c1cc(Cl)ccc1Cl.O=S(=O)(Cl)c1cc(Cl)sc1Cl. The fourth-order valence-electron chi connectivity index (χ4n) is 3.10. The molecule has 0 radical (unpaired) electrons. The molecule has 0 saturated carbocycles. The molecule has 0 atom stereocenters. The highest BCUT2D eigenvalue weighted by atomic mass is 35.7. The molecular formula is C26H22Cl8O12S5. The Morgan fingerprint density at radius 1 is 0.490 bits per heavy atom. The fraction of sp³-hybridized carbons (Fsp3) is 0.154. The van der Waals surface area contributed by atoms with Crippen molar-refractivity contribution in [3.05, 3.63) is 79.4 Å². The van der Waals surface area contributed by atoms with Gasteiger partial charge in [0.2, 0.25) is 0 Å². The van der Waals surface area contributed by atoms with Crippen molar-refractivity contribution in [1.29, 1.82) is 0 Å². The molecule has 0 spiro atoms. The predicted molar refractivity (Wildman–Crippen MR) is 202 cm³/mol. The van der Waals surface area contributed by atoms with E-state index in [0.29, 0.717) is 21.6 Å². The maximum atomic E-state index is 11.1. The third kappa shape index (κ3) is 15.9. The minimum absolute atomic E-state index is 0.0168. The van der Waals surface area contributed by atoms with E-state index >= 15 is 0 Å². The van der Waals surface area contributed by atoms with Gasteiger partial charge in [-0.2, -0.15) is 0 Å². The third-order valence-corrected chi connectivity index (χ3v) is 13.1. The van der Waals surface area contributed by atoms with E-state index in [1.165, 1.54) is 83.0 Å². The van der Waals surface area contributed by atoms with Crippen molar-refractivity contribution in [2.24, 2.45) is 0 Å². The molecule has 1 heterocycles. The van der Waals surface area contributed by atoms with E-state index in [-0.39, 0.29) is 39.7 Å². The Labute approximate surface area is 336 Å². The van der Waals surface area contributed by atoms with E-state index in [4.69, 9.17) is 108 Å². The van der Waals surface area contributed by atoms with Gasteiger partial charge in [-0.05, 0) is 48.5 Å². The van der Waals surface area contributed by atoms with Gasteiger partial charge in [0, 0.05) is 59.9 Å². The minimum atomic E-state index is -3.81. The van der Waals surface area contributed by atoms with Crippen LogP contribution in [0.4, 0.5) is 0 Å². The van der Waals surface area contributed by atoms with Gasteiger partial charge < -0.3 is 18.9 Å². The van der Waals surface area contributed by atoms with Crippen molar-refractivity contribution in [3.8, 4) is 23.0 Å². The van der Waals surface area contributed by atoms with E-state index in [9.17, 15) is 33.7 Å². The summed E-state index contributed by atoms with van der Waals surface area (Å²) in [5, 5.41) is 0.341. The van der Waals surface area contributed by atoms with Crippen molar-refractivity contribution in [2.75, 3.05) is 28.4 Å². The van der Waals surface area contributed by atoms with Gasteiger partial charge in [0.1, 0.15) is 30.5 Å². The van der Waals surface area contributed by atoms with E-state index in [1.54, 1.807) is 6.07 Å². The van der Waals surface area contributed by atoms with Crippen LogP contribution in [-0.2, 0) is 36.2 Å². The van der Waals surface area contributed by atoms with Crippen molar-refractivity contribution in [2.45, 2.75) is 19.6 Å². The maximum absolute atomic E-state index is 11.1. The lowest BCUT2D eigenvalue weighted by Gasteiger charge is -2.07. The van der Waals surface area contributed by atoms with Gasteiger partial charge >= 0.3 is 0 Å². The number of hydrogen-bond acceptors (Lipinski definition) is 13. The lowest BCUT2D eigenvalue weighted by Crippen LogP contribution is -1.96. The van der Waals surface area contributed by atoms with Gasteiger partial charge in [-0.15, -0.1) is 11.3 Å². The minimum Gasteiger partial charge on any atom is -0.497 e. The average Bonchev–Trinajstić information content (AvgIpc) is 3.39. The van der Waals surface area contributed by atoms with Crippen molar-refractivity contribution in [1.82, 2.24) is 0 Å². The average molecular weight is 970 g/mol. The Morgan fingerprint density at radius 3 is 1.37 bits per heavy atom. The summed E-state index contributed by atoms with van der Waals surface area (Å²) in [4.78, 5) is -0.410. The molecule has 3 aromatic carbocycles. The number of hydrogen-bond donors (Lipinski definition) is 0. The first-order chi connectivity index (χ1) is 23.3. The van der Waals surface area contributed by atoms with Crippen LogP contribution < -0.4 is 18.9 Å². The predicted octanol–water partition coefficient (Wildman–Crippen LogP) is 9.17. The van der Waals surface area contributed by atoms with Gasteiger partial charge in [0.25, 0.3) is 36.2 Å². The van der Waals surface area contributed by atoms with Crippen LogP contribution in [0.3, 0.4) is 0 Å². The molecule has 0 N–H and O–H groups in total. The van der Waals surface area contributed by atoms with Crippen LogP contribution in [0.25, 0.3) is 0 Å². The van der Waals surface area contributed by atoms with Gasteiger partial charge in [-0.25, -0.2) is 33.7 Å². The van der Waals surface area contributed by atoms with Gasteiger partial charge in [-0.1, -0.05) is 46.4 Å². The molecule has 0 aliphatic rings. The zero-order chi connectivity index (χ0) is 39.5. The molecule has 0 amide bonds. The normalized spacial score (nSPS) is 11.4. The molecule has 284 valence electrons. The molecule has 0 unspecified atom stereocenters. The monoisotopic (exact) mass is 966 g/mol. The van der Waals surface area contributed by atoms with Crippen LogP contribution in [0.1, 0.15) is 0 Å². The quantitative estimate of drug-likeness (QED) is 0.154. The van der Waals surface area contributed by atoms with Crippen molar-refractivity contribution in [3.63, 3.8) is 0 Å². The summed E-state index contributed by atoms with van der Waals surface area (Å²) in [7, 11) is 11.1. The molecule has 12 nitrogen and oxygen atoms in total. The van der Waals surface area contributed by atoms with Crippen molar-refractivity contribution < 1.29 is 52.6 Å². The van der Waals surface area contributed by atoms with E-state index in [1.807, 2.05) is 0 Å². The van der Waals surface area contributed by atoms with Crippen LogP contribution in [0, 0.1) is 0 Å². The first-order valence-corrected chi connectivity index (χ1v) is 24.0. The van der Waals surface area contributed by atoms with Crippen LogP contribution >= 0.6 is 100 Å². The summed E-state index contributed by atoms with van der Waals surface area (Å²) in [6.07, 6.45) is 0. The number of thiophene rings is 1. The molecule has 0 aliphatic heterocycles. The molecule has 51 heavy (non-hydrogen) atoms. The molecular weight excluding hydrogens is 948 g/mol. The van der Waals surface area contributed by atoms with Gasteiger partial charge in [0.15, 0.2) is 11.5 Å². The second-order valence-electron chi connectivity index (χ2n) is 8.55. The zero-order valence-electron chi connectivity index (χ0n) is 25.7. The van der Waals surface area contributed by atoms with Crippen molar-refractivity contribution >= 4 is 137 Å². The Kier molecular flexibility index (Phi) is 19.1. The number of ether oxygens (including phenoxy) is 4. The van der Waals surface area contributed by atoms with Crippen LogP contribution in [-0.4, -0.2) is 62.1 Å². The summed E-state index contributed by atoms with van der Waals surface area (Å²) in [6.45, 7) is 0. The first-order valence-electron chi connectivity index (χ1n) is 12.4. The second-order valence-corrected chi connectivity index (χ2v) is 21.8. The summed E-state index contributed by atoms with van der Waals surface area (Å²) in [5.74, 6) is 1.39. The Bertz CT molecular complexity index is 2260. The number of rotatable bonds is 8. The number of benzene rings is 3. The summed E-state index contributed by atoms with van der Waals surface area (Å²) >= 11 is 23.0. The highest BCUT2D eigenvalue weighted by Gasteiger charge is 2.19. The molecule has 4 rings (SSSR count). The molecule has 0 fully saturated rings. The van der Waals surface area contributed by atoms with Crippen LogP contribution in [0.5, 0.6) is 23.0 Å². The lowest BCUT2D eigenvalue weighted by atomic mass is 10.3. The lowest BCUT2D eigenvalue weighted by molar-refractivity contribution is 0.354. The molecule has 4 aromatic rings. The van der Waals surface area contributed by atoms with Crippen LogP contribution in [0.15, 0.2) is 80.2 Å². The third-order valence-electron chi connectivity index (χ3n) is 5.31. The zero-order valence-corrected chi connectivity index (χ0v) is 35.9. The Morgan fingerprint density at radius 2 is 1.00 bits per heavy atom. The Balaban J connectivity index is 0.000000342. The highest BCUT2D eigenvalue weighted by Crippen LogP contribution is 2.36. The smallest absolute Gasteiger partial charge is 0.265 e. The number of halogens is 8. The summed E-state index contributed by atoms with van der Waals surface area (Å²) in [6, 6.07) is 13.8. The fourth-order valence-corrected chi connectivity index (χ4v) is 9.84. The van der Waals surface area contributed by atoms with Gasteiger partial charge in [0.05, 0.1) is 42.7 Å². The van der Waals surface area contributed by atoms with E-state index < -0.39 is 36.2 Å². The molecule has 0 aliphatic carbocycles. The second kappa shape index (κ2) is 20.4. The first kappa shape index (κ1) is 47.7. The van der Waals surface area contributed by atoms with E-state index in [0.717, 1.165) is 11.3 Å². The molecule has 0 saturated heterocycles. The van der Waals surface area contributed by atoms with Gasteiger partial charge in [-0.3, -0.25) is 0 Å². The van der Waals surface area contributed by atoms with Crippen LogP contribution in [0.2, 0.25) is 18.7 Å². The standard InChI is InChI=1S/2C8H9ClO4S.C6H3Cl3O2S.C4HCl3O2S2/c1-12-7-4-3-6(14(9,10)11)5-8(7)13-2;1-12-6-3-4-7(13-2)8(5-6)14(9,10)11;7-4-1-2-5(8)6(3-4)12(9,10)11;5-3-1-2(4(6)10-3)11(7,8)9/h2*3-5H,1-2H3;1-3H;1H.